The fourth-order valence-electron chi connectivity index (χ4n) is 7.14. The van der Waals surface area contributed by atoms with Gasteiger partial charge in [0.05, 0.1) is 6.26 Å². The number of rotatable bonds is 2. The van der Waals surface area contributed by atoms with Crippen molar-refractivity contribution in [3.63, 3.8) is 0 Å². The molecule has 0 saturated carbocycles. The molecule has 10 aromatic rings. The van der Waals surface area contributed by atoms with Crippen LogP contribution in [-0.4, -0.2) is 0 Å². The Balaban J connectivity index is 1.36. The fraction of sp³-hybridized carbons (Fsp3) is 0. The molecule has 0 spiro atoms. The Morgan fingerprint density at radius 2 is 1.05 bits per heavy atom. The summed E-state index contributed by atoms with van der Waals surface area (Å²) < 4.78 is 15.1. The molecule has 3 heterocycles. The molecule has 0 aliphatic heterocycles. The normalized spacial score (nSPS) is 12.2. The van der Waals surface area contributed by atoms with Crippen LogP contribution in [0.4, 0.5) is 0 Å². The van der Waals surface area contributed by atoms with E-state index in [1.54, 1.807) is 6.26 Å². The van der Waals surface area contributed by atoms with Gasteiger partial charge in [0.2, 0.25) is 0 Å². The van der Waals surface area contributed by atoms with E-state index in [-0.39, 0.29) is 0 Å². The molecule has 0 bridgehead atoms. The topological polar surface area (TPSA) is 26.3 Å². The number of thiophene rings is 1. The summed E-state index contributed by atoms with van der Waals surface area (Å²) in [6, 6.07) is 45.9. The third-order valence-electron chi connectivity index (χ3n) is 8.94. The minimum absolute atomic E-state index is 0.871. The summed E-state index contributed by atoms with van der Waals surface area (Å²) in [5.41, 5.74) is 7.50. The second kappa shape index (κ2) is 8.57. The molecule has 7 aromatic carbocycles. The number of furan rings is 2. The van der Waals surface area contributed by atoms with Gasteiger partial charge in [-0.05, 0) is 63.0 Å². The lowest BCUT2D eigenvalue weighted by atomic mass is 9.84. The van der Waals surface area contributed by atoms with Gasteiger partial charge < -0.3 is 8.83 Å². The van der Waals surface area contributed by atoms with Gasteiger partial charge in [-0.1, -0.05) is 97.1 Å². The van der Waals surface area contributed by atoms with E-state index in [4.69, 9.17) is 8.83 Å². The smallest absolute Gasteiger partial charge is 0.143 e. The number of benzene rings is 7. The van der Waals surface area contributed by atoms with Gasteiger partial charge in [-0.2, -0.15) is 0 Å². The Bertz CT molecular complexity index is 2680. The maximum Gasteiger partial charge on any atom is 0.143 e. The van der Waals surface area contributed by atoms with E-state index in [1.807, 2.05) is 17.4 Å². The summed E-state index contributed by atoms with van der Waals surface area (Å²) in [7, 11) is 0. The summed E-state index contributed by atoms with van der Waals surface area (Å²) in [5.74, 6) is 0. The Morgan fingerprint density at radius 3 is 1.81 bits per heavy atom. The van der Waals surface area contributed by atoms with Crippen LogP contribution in [-0.2, 0) is 0 Å². The lowest BCUT2D eigenvalue weighted by molar-refractivity contribution is 0.616. The van der Waals surface area contributed by atoms with E-state index in [2.05, 4.69) is 121 Å². The Labute approximate surface area is 250 Å². The van der Waals surface area contributed by atoms with Crippen molar-refractivity contribution in [3.05, 3.63) is 134 Å². The molecule has 0 saturated heterocycles. The molecule has 0 fully saturated rings. The summed E-state index contributed by atoms with van der Waals surface area (Å²) >= 11 is 1.87. The van der Waals surface area contributed by atoms with Crippen LogP contribution in [0.25, 0.3) is 96.9 Å². The van der Waals surface area contributed by atoms with E-state index in [9.17, 15) is 0 Å². The van der Waals surface area contributed by atoms with Crippen molar-refractivity contribution in [3.8, 4) is 22.3 Å². The molecule has 0 unspecified atom stereocenters. The average Bonchev–Trinajstić information content (AvgIpc) is 3.77. The lowest BCUT2D eigenvalue weighted by Gasteiger charge is -2.18. The molecule has 0 aliphatic rings. The van der Waals surface area contributed by atoms with E-state index >= 15 is 0 Å². The monoisotopic (exact) mass is 566 g/mol. The van der Waals surface area contributed by atoms with Crippen LogP contribution in [0.3, 0.4) is 0 Å². The van der Waals surface area contributed by atoms with Gasteiger partial charge >= 0.3 is 0 Å². The number of hydrogen-bond donors (Lipinski definition) is 0. The molecule has 0 radical (unpaired) electrons. The first-order chi connectivity index (χ1) is 21.3. The predicted octanol–water partition coefficient (Wildman–Crippen LogP) is 12.3. The quantitative estimate of drug-likeness (QED) is 0.195. The number of fused-ring (bicyclic) bond motifs is 9. The molecule has 10 rings (SSSR count). The van der Waals surface area contributed by atoms with Crippen molar-refractivity contribution in [2.75, 3.05) is 0 Å². The van der Waals surface area contributed by atoms with E-state index in [1.165, 1.54) is 58.4 Å². The van der Waals surface area contributed by atoms with Crippen molar-refractivity contribution in [1.82, 2.24) is 0 Å². The first kappa shape index (κ1) is 23.2. The fourth-order valence-corrected chi connectivity index (χ4v) is 8.27. The minimum atomic E-state index is 0.871. The summed E-state index contributed by atoms with van der Waals surface area (Å²) in [6.45, 7) is 0. The van der Waals surface area contributed by atoms with Crippen molar-refractivity contribution in [2.45, 2.75) is 0 Å². The van der Waals surface area contributed by atoms with Crippen molar-refractivity contribution in [1.29, 1.82) is 0 Å². The number of para-hydroxylation sites is 1. The van der Waals surface area contributed by atoms with Gasteiger partial charge in [0.15, 0.2) is 0 Å². The van der Waals surface area contributed by atoms with E-state index in [0.717, 1.165) is 38.5 Å². The molecule has 0 aliphatic carbocycles. The minimum Gasteiger partial charge on any atom is -0.464 e. The highest BCUT2D eigenvalue weighted by atomic mass is 32.1. The highest BCUT2D eigenvalue weighted by Gasteiger charge is 2.22. The molecule has 0 N–H and O–H groups in total. The molecular weight excluding hydrogens is 545 g/mol. The zero-order valence-corrected chi connectivity index (χ0v) is 23.7. The van der Waals surface area contributed by atoms with Gasteiger partial charge in [-0.15, -0.1) is 11.3 Å². The first-order valence-electron chi connectivity index (χ1n) is 14.5. The molecule has 3 heteroatoms. The number of hydrogen-bond acceptors (Lipinski definition) is 3. The Kier molecular flexibility index (Phi) is 4.63. The SMILES string of the molecule is c1ccc2c(c1)sc1cccc(-c3c4ccccc4c(-c4cccc5c4oc4cc6ccoc6cc45)c4ccccc34)c12. The van der Waals surface area contributed by atoms with Crippen molar-refractivity contribution >= 4 is 86.0 Å². The predicted molar refractivity (Wildman–Crippen MR) is 182 cm³/mol. The third kappa shape index (κ3) is 3.17. The molecule has 43 heavy (non-hydrogen) atoms. The van der Waals surface area contributed by atoms with Crippen LogP contribution in [0, 0.1) is 0 Å². The molecule has 0 atom stereocenters. The largest absolute Gasteiger partial charge is 0.464 e. The van der Waals surface area contributed by atoms with Crippen LogP contribution in [0.5, 0.6) is 0 Å². The zero-order chi connectivity index (χ0) is 28.1. The Morgan fingerprint density at radius 1 is 0.442 bits per heavy atom. The van der Waals surface area contributed by atoms with Crippen LogP contribution in [0.2, 0.25) is 0 Å². The maximum atomic E-state index is 6.68. The summed E-state index contributed by atoms with van der Waals surface area (Å²) in [6.07, 6.45) is 1.73. The van der Waals surface area contributed by atoms with E-state index < -0.39 is 0 Å². The highest BCUT2D eigenvalue weighted by Crippen LogP contribution is 2.49. The highest BCUT2D eigenvalue weighted by molar-refractivity contribution is 7.25. The molecule has 200 valence electrons. The van der Waals surface area contributed by atoms with Crippen LogP contribution < -0.4 is 0 Å². The Hall–Kier alpha value is -5.38. The van der Waals surface area contributed by atoms with Gasteiger partial charge in [0.1, 0.15) is 16.7 Å². The standard InChI is InChI=1S/C40H22O2S/c1-3-11-26-24(9-1)37(30-15-8-18-36-39(30)29-13-5-6-17-35(29)43-36)25-10-2-4-12-27(25)38(26)31-16-7-14-28-32-22-33-23(19-20-41-33)21-34(32)42-40(28)31/h1-22H. The van der Waals surface area contributed by atoms with E-state index in [0.29, 0.717) is 0 Å². The third-order valence-corrected chi connectivity index (χ3v) is 10.1. The van der Waals surface area contributed by atoms with Crippen molar-refractivity contribution in [2.24, 2.45) is 0 Å². The average molecular weight is 567 g/mol. The summed E-state index contributed by atoms with van der Waals surface area (Å²) in [5, 5.41) is 10.8. The second-order valence-corrected chi connectivity index (χ2v) is 12.3. The lowest BCUT2D eigenvalue weighted by Crippen LogP contribution is -1.91. The van der Waals surface area contributed by atoms with Gasteiger partial charge in [0.25, 0.3) is 0 Å². The van der Waals surface area contributed by atoms with Crippen LogP contribution in [0.1, 0.15) is 0 Å². The molecule has 3 aromatic heterocycles. The summed E-state index contributed by atoms with van der Waals surface area (Å²) in [4.78, 5) is 0. The maximum absolute atomic E-state index is 6.68. The zero-order valence-electron chi connectivity index (χ0n) is 22.9. The van der Waals surface area contributed by atoms with Crippen molar-refractivity contribution < 1.29 is 8.83 Å². The molecule has 0 amide bonds. The first-order valence-corrected chi connectivity index (χ1v) is 15.3. The molecule has 2 nitrogen and oxygen atoms in total. The van der Waals surface area contributed by atoms with Gasteiger partial charge in [-0.25, -0.2) is 0 Å². The molecular formula is C40H22O2S. The second-order valence-electron chi connectivity index (χ2n) is 11.2. The van der Waals surface area contributed by atoms with Crippen LogP contribution >= 0.6 is 11.3 Å². The van der Waals surface area contributed by atoms with Gasteiger partial charge in [-0.3, -0.25) is 0 Å². The van der Waals surface area contributed by atoms with Gasteiger partial charge in [0, 0.05) is 47.5 Å². The van der Waals surface area contributed by atoms with Crippen LogP contribution in [0.15, 0.2) is 142 Å².